The maximum absolute atomic E-state index is 14.1. The quantitative estimate of drug-likeness (QED) is 0.456. The van der Waals surface area contributed by atoms with Crippen molar-refractivity contribution in [3.05, 3.63) is 54.1 Å². The van der Waals surface area contributed by atoms with Gasteiger partial charge in [-0.05, 0) is 63.4 Å². The van der Waals surface area contributed by atoms with Gasteiger partial charge < -0.3 is 19.5 Å². The molecule has 234 valence electrons. The van der Waals surface area contributed by atoms with E-state index >= 15 is 0 Å². The lowest BCUT2D eigenvalue weighted by atomic mass is 10.0. The number of likely N-dealkylation sites (N-methyl/N-ethyl adjacent to an activating group) is 1. The minimum atomic E-state index is -3.92. The minimum Gasteiger partial charge on any atom is -0.490 e. The summed E-state index contributed by atoms with van der Waals surface area (Å²) in [4.78, 5) is 15.7. The summed E-state index contributed by atoms with van der Waals surface area (Å²) in [6, 6.07) is 11.9. The monoisotopic (exact) mass is 625 g/mol. The summed E-state index contributed by atoms with van der Waals surface area (Å²) in [5.41, 5.74) is 0.328. The van der Waals surface area contributed by atoms with Crippen molar-refractivity contribution in [3.63, 3.8) is 0 Å². The fourth-order valence-electron chi connectivity index (χ4n) is 4.65. The van der Waals surface area contributed by atoms with E-state index in [0.717, 1.165) is 19.1 Å². The number of sulfonamides is 2. The first kappa shape index (κ1) is 33.8. The molecule has 3 rings (SSSR count). The van der Waals surface area contributed by atoms with Crippen LogP contribution >= 0.6 is 0 Å². The summed E-state index contributed by atoms with van der Waals surface area (Å²) in [7, 11) is -5.89. The predicted molar refractivity (Wildman–Crippen MR) is 162 cm³/mol. The Labute approximate surface area is 249 Å². The Kier molecular flexibility index (Phi) is 11.8. The number of nitrogens with zero attached hydrogens (tertiary/aromatic N) is 2. The molecule has 1 aliphatic heterocycles. The maximum atomic E-state index is 14.1. The van der Waals surface area contributed by atoms with Crippen molar-refractivity contribution in [2.45, 2.75) is 63.2 Å². The van der Waals surface area contributed by atoms with Crippen LogP contribution in [0.2, 0.25) is 0 Å². The number of ether oxygens (including phenoxy) is 2. The van der Waals surface area contributed by atoms with E-state index in [1.165, 1.54) is 34.5 Å². The van der Waals surface area contributed by atoms with Crippen LogP contribution in [0.25, 0.3) is 0 Å². The van der Waals surface area contributed by atoms with Gasteiger partial charge in [0.2, 0.25) is 10.0 Å². The van der Waals surface area contributed by atoms with Gasteiger partial charge in [0.05, 0.1) is 41.6 Å². The average Bonchev–Trinajstić information content (AvgIpc) is 2.94. The van der Waals surface area contributed by atoms with Crippen molar-refractivity contribution in [3.8, 4) is 5.75 Å². The molecule has 2 aromatic rings. The van der Waals surface area contributed by atoms with Crippen molar-refractivity contribution in [2.24, 2.45) is 5.92 Å². The van der Waals surface area contributed by atoms with E-state index < -0.39 is 38.1 Å². The number of aliphatic hydroxyl groups excluding tert-OH is 1. The van der Waals surface area contributed by atoms with E-state index in [1.54, 1.807) is 37.3 Å². The van der Waals surface area contributed by atoms with Crippen LogP contribution in [0.5, 0.6) is 5.75 Å². The molecule has 0 saturated carbocycles. The van der Waals surface area contributed by atoms with E-state index in [2.05, 4.69) is 4.72 Å². The van der Waals surface area contributed by atoms with E-state index in [9.17, 15) is 26.7 Å². The standard InChI is InChI=1S/C29H43N3O8S2/c1-21-18-32(22(2)20-33)29(34)26-17-24(30-42(37,38)25-12-7-6-8-13-25)14-15-27(26)40-23(3)11-9-10-16-39-28(21)19-31(4)41(5,35)36/h6-8,12-15,17,21-23,28,30,33H,9-11,16,18-20H2,1-5H3/t21-,22-,23+,28+/m0/s1. The molecule has 11 nitrogen and oxygen atoms in total. The number of benzene rings is 2. The van der Waals surface area contributed by atoms with E-state index in [0.29, 0.717) is 18.8 Å². The molecule has 4 atom stereocenters. The van der Waals surface area contributed by atoms with Gasteiger partial charge in [-0.25, -0.2) is 21.1 Å². The van der Waals surface area contributed by atoms with Crippen LogP contribution in [0.15, 0.2) is 53.4 Å². The van der Waals surface area contributed by atoms with Crippen molar-refractivity contribution < 1.29 is 36.2 Å². The summed E-state index contributed by atoms with van der Waals surface area (Å²) in [5.74, 6) is -0.462. The second-order valence-electron chi connectivity index (χ2n) is 11.0. The van der Waals surface area contributed by atoms with Gasteiger partial charge in [0.25, 0.3) is 15.9 Å². The molecule has 0 aromatic heterocycles. The third-order valence-corrected chi connectivity index (χ3v) is 10.0. The lowest BCUT2D eigenvalue weighted by Crippen LogP contribution is -2.47. The number of amides is 1. The van der Waals surface area contributed by atoms with Gasteiger partial charge in [0.1, 0.15) is 5.75 Å². The number of rotatable bonds is 8. The predicted octanol–water partition coefficient (Wildman–Crippen LogP) is 3.17. The summed E-state index contributed by atoms with van der Waals surface area (Å²) in [5, 5.41) is 10.1. The zero-order valence-electron chi connectivity index (χ0n) is 24.9. The molecule has 2 aromatic carbocycles. The van der Waals surface area contributed by atoms with Crippen LogP contribution in [0, 0.1) is 5.92 Å². The Bertz CT molecular complexity index is 1400. The maximum Gasteiger partial charge on any atom is 0.261 e. The average molecular weight is 626 g/mol. The summed E-state index contributed by atoms with van der Waals surface area (Å²) in [6.07, 6.45) is 2.58. The highest BCUT2D eigenvalue weighted by atomic mass is 32.2. The lowest BCUT2D eigenvalue weighted by molar-refractivity contribution is -0.00828. The van der Waals surface area contributed by atoms with Gasteiger partial charge >= 0.3 is 0 Å². The molecule has 1 heterocycles. The van der Waals surface area contributed by atoms with Crippen molar-refractivity contribution in [1.82, 2.24) is 9.21 Å². The molecule has 0 fully saturated rings. The number of aliphatic hydroxyl groups is 1. The van der Waals surface area contributed by atoms with Crippen LogP contribution < -0.4 is 9.46 Å². The van der Waals surface area contributed by atoms with Crippen molar-refractivity contribution in [2.75, 3.05) is 44.3 Å². The third-order valence-electron chi connectivity index (χ3n) is 7.36. The highest BCUT2D eigenvalue weighted by Crippen LogP contribution is 2.29. The Balaban J connectivity index is 2.02. The van der Waals surface area contributed by atoms with Gasteiger partial charge in [0.15, 0.2) is 0 Å². The molecule has 1 aliphatic rings. The van der Waals surface area contributed by atoms with Crippen LogP contribution in [-0.4, -0.2) is 94.9 Å². The van der Waals surface area contributed by atoms with Gasteiger partial charge in [-0.2, -0.15) is 0 Å². The summed E-state index contributed by atoms with van der Waals surface area (Å²) in [6.45, 7) is 5.84. The Morgan fingerprint density at radius 3 is 2.43 bits per heavy atom. The Hall–Kier alpha value is -2.71. The van der Waals surface area contributed by atoms with Crippen LogP contribution in [0.4, 0.5) is 5.69 Å². The molecule has 2 N–H and O–H groups in total. The molecule has 0 saturated heterocycles. The molecular weight excluding hydrogens is 582 g/mol. The molecule has 0 spiro atoms. The van der Waals surface area contributed by atoms with Gasteiger partial charge in [-0.3, -0.25) is 9.52 Å². The number of carbonyl (C=O) groups excluding carboxylic acids is 1. The van der Waals surface area contributed by atoms with Gasteiger partial charge in [0, 0.05) is 38.3 Å². The van der Waals surface area contributed by atoms with Crippen LogP contribution in [0.1, 0.15) is 50.4 Å². The molecule has 0 bridgehead atoms. The second kappa shape index (κ2) is 14.6. The smallest absolute Gasteiger partial charge is 0.261 e. The largest absolute Gasteiger partial charge is 0.490 e. The SMILES string of the molecule is C[C@@H]1CCCCO[C@H](CN(C)S(C)(=O)=O)[C@@H](C)CN([C@@H](C)CO)C(=O)c2cc(NS(=O)(=O)c3ccccc3)ccc2O1. The number of anilines is 1. The highest BCUT2D eigenvalue weighted by molar-refractivity contribution is 7.92. The van der Waals surface area contributed by atoms with Crippen molar-refractivity contribution in [1.29, 1.82) is 0 Å². The first-order chi connectivity index (χ1) is 19.7. The zero-order valence-corrected chi connectivity index (χ0v) is 26.5. The molecule has 13 heteroatoms. The summed E-state index contributed by atoms with van der Waals surface area (Å²) >= 11 is 0. The van der Waals surface area contributed by atoms with Gasteiger partial charge in [-0.15, -0.1) is 0 Å². The molecule has 1 amide bonds. The van der Waals surface area contributed by atoms with Crippen LogP contribution in [0.3, 0.4) is 0 Å². The fraction of sp³-hybridized carbons (Fsp3) is 0.552. The first-order valence-corrected chi connectivity index (χ1v) is 17.4. The Morgan fingerprint density at radius 2 is 1.79 bits per heavy atom. The molecule has 0 radical (unpaired) electrons. The minimum absolute atomic E-state index is 0.0794. The third kappa shape index (κ3) is 9.14. The van der Waals surface area contributed by atoms with E-state index in [4.69, 9.17) is 9.47 Å². The number of hydrogen-bond acceptors (Lipinski definition) is 8. The topological polar surface area (TPSA) is 143 Å². The molecule has 42 heavy (non-hydrogen) atoms. The van der Waals surface area contributed by atoms with Crippen LogP contribution in [-0.2, 0) is 24.8 Å². The highest BCUT2D eigenvalue weighted by Gasteiger charge is 2.31. The zero-order chi connectivity index (χ0) is 31.1. The van der Waals surface area contributed by atoms with Crippen molar-refractivity contribution >= 4 is 31.6 Å². The van der Waals surface area contributed by atoms with E-state index in [-0.39, 0.29) is 47.9 Å². The van der Waals surface area contributed by atoms with Gasteiger partial charge in [-0.1, -0.05) is 25.1 Å². The number of carbonyl (C=O) groups is 1. The number of nitrogens with one attached hydrogen (secondary N) is 1. The second-order valence-corrected chi connectivity index (χ2v) is 14.7. The fourth-order valence-corrected chi connectivity index (χ4v) is 6.14. The molecule has 0 aliphatic carbocycles. The Morgan fingerprint density at radius 1 is 1.10 bits per heavy atom. The normalized spacial score (nSPS) is 22.1. The summed E-state index contributed by atoms with van der Waals surface area (Å²) < 4.78 is 66.4. The first-order valence-electron chi connectivity index (χ1n) is 14.1. The number of fused-ring (bicyclic) bond motifs is 1. The molecular formula is C29H43N3O8S2. The van der Waals surface area contributed by atoms with E-state index in [1.807, 2.05) is 13.8 Å². The lowest BCUT2D eigenvalue weighted by Gasteiger charge is -2.35. The molecule has 0 unspecified atom stereocenters. The number of hydrogen-bond donors (Lipinski definition) is 2.